The lowest BCUT2D eigenvalue weighted by molar-refractivity contribution is 0.0931. The number of nitrogens with one attached hydrogen (secondary N) is 1. The number of likely N-dealkylation sites (N-methyl/N-ethyl adjacent to an activating group) is 1. The average molecular weight is 236 g/mol. The SMILES string of the molecule is C=C(CNCC)CN1CCC2CCCCC2C1. The van der Waals surface area contributed by atoms with Gasteiger partial charge in [-0.2, -0.15) is 0 Å². The zero-order valence-corrected chi connectivity index (χ0v) is 11.4. The van der Waals surface area contributed by atoms with E-state index in [4.69, 9.17) is 0 Å². The standard InChI is InChI=1S/C15H28N2/c1-3-16-10-13(2)11-17-9-8-14-6-4-5-7-15(14)12-17/h14-16H,2-12H2,1H3. The first-order chi connectivity index (χ1) is 8.29. The van der Waals surface area contributed by atoms with Crippen LogP contribution in [0.4, 0.5) is 0 Å². The van der Waals surface area contributed by atoms with Gasteiger partial charge in [-0.3, -0.25) is 4.90 Å². The molecule has 1 saturated heterocycles. The summed E-state index contributed by atoms with van der Waals surface area (Å²) in [4.78, 5) is 2.63. The third kappa shape index (κ3) is 3.82. The first-order valence-electron chi connectivity index (χ1n) is 7.39. The van der Waals surface area contributed by atoms with Gasteiger partial charge in [-0.15, -0.1) is 0 Å². The minimum Gasteiger partial charge on any atom is -0.313 e. The normalized spacial score (nSPS) is 29.9. The molecule has 2 rings (SSSR count). The van der Waals surface area contributed by atoms with Gasteiger partial charge in [0.1, 0.15) is 0 Å². The van der Waals surface area contributed by atoms with Gasteiger partial charge >= 0.3 is 0 Å². The molecular formula is C15H28N2. The van der Waals surface area contributed by atoms with Crippen LogP contribution >= 0.6 is 0 Å². The van der Waals surface area contributed by atoms with Crippen molar-refractivity contribution in [2.24, 2.45) is 11.8 Å². The highest BCUT2D eigenvalue weighted by molar-refractivity contribution is 5.01. The Morgan fingerprint density at radius 1 is 1.24 bits per heavy atom. The first kappa shape index (κ1) is 13.1. The first-order valence-corrected chi connectivity index (χ1v) is 7.39. The molecule has 1 aliphatic carbocycles. The van der Waals surface area contributed by atoms with Crippen LogP contribution in [-0.4, -0.2) is 37.6 Å². The van der Waals surface area contributed by atoms with Crippen molar-refractivity contribution in [3.8, 4) is 0 Å². The topological polar surface area (TPSA) is 15.3 Å². The molecule has 2 aliphatic rings. The van der Waals surface area contributed by atoms with Crippen molar-refractivity contribution in [1.29, 1.82) is 0 Å². The third-order valence-corrected chi connectivity index (χ3v) is 4.45. The maximum Gasteiger partial charge on any atom is 0.0202 e. The second-order valence-corrected chi connectivity index (χ2v) is 5.86. The summed E-state index contributed by atoms with van der Waals surface area (Å²) in [6, 6.07) is 0. The average Bonchev–Trinajstić information content (AvgIpc) is 2.36. The van der Waals surface area contributed by atoms with Gasteiger partial charge in [0.05, 0.1) is 0 Å². The van der Waals surface area contributed by atoms with Gasteiger partial charge in [-0.05, 0) is 43.3 Å². The summed E-state index contributed by atoms with van der Waals surface area (Å²) >= 11 is 0. The Labute approximate surface area is 106 Å². The number of nitrogens with zero attached hydrogens (tertiary/aromatic N) is 1. The molecule has 2 nitrogen and oxygen atoms in total. The lowest BCUT2D eigenvalue weighted by atomic mass is 9.75. The van der Waals surface area contributed by atoms with Crippen LogP contribution in [0.3, 0.4) is 0 Å². The fourth-order valence-electron chi connectivity index (χ4n) is 3.49. The number of fused-ring (bicyclic) bond motifs is 1. The molecule has 2 heteroatoms. The number of piperidine rings is 1. The van der Waals surface area contributed by atoms with Gasteiger partial charge in [0.25, 0.3) is 0 Å². The Morgan fingerprint density at radius 3 is 2.76 bits per heavy atom. The summed E-state index contributed by atoms with van der Waals surface area (Å²) in [6.07, 6.45) is 7.35. The molecule has 0 aromatic rings. The Balaban J connectivity index is 1.73. The molecule has 0 amide bonds. The quantitative estimate of drug-likeness (QED) is 0.738. The molecule has 0 bridgehead atoms. The fourth-order valence-corrected chi connectivity index (χ4v) is 3.49. The van der Waals surface area contributed by atoms with Crippen molar-refractivity contribution >= 4 is 0 Å². The van der Waals surface area contributed by atoms with Crippen LogP contribution in [0.5, 0.6) is 0 Å². The van der Waals surface area contributed by atoms with Gasteiger partial charge in [0.2, 0.25) is 0 Å². The highest BCUT2D eigenvalue weighted by Gasteiger charge is 2.30. The van der Waals surface area contributed by atoms with Crippen LogP contribution in [0.2, 0.25) is 0 Å². The molecular weight excluding hydrogens is 208 g/mol. The van der Waals surface area contributed by atoms with Crippen LogP contribution in [-0.2, 0) is 0 Å². The van der Waals surface area contributed by atoms with E-state index in [2.05, 4.69) is 23.7 Å². The number of likely N-dealkylation sites (tertiary alicyclic amines) is 1. The van der Waals surface area contributed by atoms with E-state index < -0.39 is 0 Å². The van der Waals surface area contributed by atoms with Crippen LogP contribution < -0.4 is 5.32 Å². The van der Waals surface area contributed by atoms with Gasteiger partial charge < -0.3 is 5.32 Å². The summed E-state index contributed by atoms with van der Waals surface area (Å²) in [5.41, 5.74) is 1.35. The van der Waals surface area contributed by atoms with E-state index in [1.165, 1.54) is 50.8 Å². The molecule has 2 unspecified atom stereocenters. The minimum absolute atomic E-state index is 0.987. The van der Waals surface area contributed by atoms with Gasteiger partial charge in [0, 0.05) is 19.6 Å². The molecule has 2 atom stereocenters. The molecule has 1 saturated carbocycles. The van der Waals surface area contributed by atoms with Crippen molar-refractivity contribution in [2.75, 3.05) is 32.7 Å². The third-order valence-electron chi connectivity index (χ3n) is 4.45. The van der Waals surface area contributed by atoms with Crippen molar-refractivity contribution in [1.82, 2.24) is 10.2 Å². The number of hydrogen-bond acceptors (Lipinski definition) is 2. The maximum atomic E-state index is 4.19. The lowest BCUT2D eigenvalue weighted by Crippen LogP contribution is -2.43. The van der Waals surface area contributed by atoms with Crippen LogP contribution in [0.1, 0.15) is 39.0 Å². The van der Waals surface area contributed by atoms with E-state index in [0.29, 0.717) is 0 Å². The minimum atomic E-state index is 0.987. The van der Waals surface area contributed by atoms with Crippen LogP contribution in [0.25, 0.3) is 0 Å². The molecule has 0 aromatic heterocycles. The zero-order valence-electron chi connectivity index (χ0n) is 11.4. The number of rotatable bonds is 5. The molecule has 2 fully saturated rings. The monoisotopic (exact) mass is 236 g/mol. The summed E-state index contributed by atoms with van der Waals surface area (Å²) in [5, 5.41) is 3.37. The van der Waals surface area contributed by atoms with Gasteiger partial charge in [0.15, 0.2) is 0 Å². The number of hydrogen-bond donors (Lipinski definition) is 1. The van der Waals surface area contributed by atoms with E-state index in [1.807, 2.05) is 0 Å². The Hall–Kier alpha value is -0.340. The molecule has 1 heterocycles. The second-order valence-electron chi connectivity index (χ2n) is 5.86. The molecule has 0 radical (unpaired) electrons. The highest BCUT2D eigenvalue weighted by Crippen LogP contribution is 2.36. The second kappa shape index (κ2) is 6.55. The van der Waals surface area contributed by atoms with Crippen molar-refractivity contribution in [3.05, 3.63) is 12.2 Å². The Kier molecular flexibility index (Phi) is 5.05. The maximum absolute atomic E-state index is 4.19. The van der Waals surface area contributed by atoms with E-state index in [1.54, 1.807) is 0 Å². The summed E-state index contributed by atoms with van der Waals surface area (Å²) in [6.45, 7) is 12.1. The smallest absolute Gasteiger partial charge is 0.0202 e. The van der Waals surface area contributed by atoms with E-state index >= 15 is 0 Å². The van der Waals surface area contributed by atoms with E-state index in [9.17, 15) is 0 Å². The highest BCUT2D eigenvalue weighted by atomic mass is 15.1. The largest absolute Gasteiger partial charge is 0.313 e. The molecule has 0 spiro atoms. The molecule has 0 aromatic carbocycles. The van der Waals surface area contributed by atoms with E-state index in [0.717, 1.165) is 31.5 Å². The molecule has 98 valence electrons. The van der Waals surface area contributed by atoms with Crippen LogP contribution in [0, 0.1) is 11.8 Å². The Morgan fingerprint density at radius 2 is 2.00 bits per heavy atom. The Bertz CT molecular complexity index is 249. The lowest BCUT2D eigenvalue weighted by Gasteiger charge is -2.41. The van der Waals surface area contributed by atoms with Crippen LogP contribution in [0.15, 0.2) is 12.2 Å². The van der Waals surface area contributed by atoms with Crippen molar-refractivity contribution < 1.29 is 0 Å². The fraction of sp³-hybridized carbons (Fsp3) is 0.867. The summed E-state index contributed by atoms with van der Waals surface area (Å²) in [7, 11) is 0. The predicted molar refractivity (Wildman–Crippen MR) is 74.2 cm³/mol. The summed E-state index contributed by atoms with van der Waals surface area (Å²) < 4.78 is 0. The van der Waals surface area contributed by atoms with Gasteiger partial charge in [-0.1, -0.05) is 32.8 Å². The predicted octanol–water partition coefficient (Wildman–Crippen LogP) is 2.66. The summed E-state index contributed by atoms with van der Waals surface area (Å²) in [5.74, 6) is 2.03. The molecule has 1 aliphatic heterocycles. The zero-order chi connectivity index (χ0) is 12.1. The van der Waals surface area contributed by atoms with Crippen molar-refractivity contribution in [3.63, 3.8) is 0 Å². The van der Waals surface area contributed by atoms with Crippen molar-refractivity contribution in [2.45, 2.75) is 39.0 Å². The van der Waals surface area contributed by atoms with E-state index in [-0.39, 0.29) is 0 Å². The molecule has 1 N–H and O–H groups in total. The molecule has 17 heavy (non-hydrogen) atoms. The van der Waals surface area contributed by atoms with Gasteiger partial charge in [-0.25, -0.2) is 0 Å².